The summed E-state index contributed by atoms with van der Waals surface area (Å²) in [5.74, 6) is 5.02. The number of anilines is 1. The number of rotatable bonds is 3. The molecule has 0 radical (unpaired) electrons. The first-order chi connectivity index (χ1) is 11.9. The van der Waals surface area contributed by atoms with Crippen LogP contribution in [0.15, 0.2) is 12.1 Å². The first kappa shape index (κ1) is 17.2. The van der Waals surface area contributed by atoms with E-state index < -0.39 is 8.80 Å². The number of nitrogens with zero attached hydrogens (tertiary/aromatic N) is 1. The molecule has 0 amide bonds. The summed E-state index contributed by atoms with van der Waals surface area (Å²) in [7, 11) is 1.49. The lowest BCUT2D eigenvalue weighted by Crippen LogP contribution is -2.32. The molecule has 0 saturated heterocycles. The van der Waals surface area contributed by atoms with Crippen molar-refractivity contribution in [1.82, 2.24) is 0 Å². The zero-order chi connectivity index (χ0) is 17.8. The molecule has 3 aliphatic carbocycles. The van der Waals surface area contributed by atoms with E-state index in [4.69, 9.17) is 0 Å². The first-order valence-electron chi connectivity index (χ1n) is 10.3. The van der Waals surface area contributed by atoms with Crippen molar-refractivity contribution in [3.8, 4) is 11.5 Å². The second-order valence-corrected chi connectivity index (χ2v) is 12.1. The molecule has 0 bridgehead atoms. The van der Waals surface area contributed by atoms with Gasteiger partial charge in [-0.25, -0.2) is 0 Å². The van der Waals surface area contributed by atoms with Gasteiger partial charge < -0.3 is 4.90 Å². The van der Waals surface area contributed by atoms with Crippen LogP contribution in [0.25, 0.3) is 0 Å². The van der Waals surface area contributed by atoms with Crippen molar-refractivity contribution in [2.45, 2.75) is 88.8 Å². The third-order valence-corrected chi connectivity index (χ3v) is 7.12. The van der Waals surface area contributed by atoms with E-state index in [0.717, 1.165) is 12.0 Å². The molecule has 1 atom stereocenters. The van der Waals surface area contributed by atoms with Gasteiger partial charge >= 0.3 is 0 Å². The van der Waals surface area contributed by atoms with Gasteiger partial charge in [-0.3, -0.25) is 0 Å². The molecular weight excluding hydrogens is 318 g/mol. The predicted octanol–water partition coefficient (Wildman–Crippen LogP) is 5.35. The van der Waals surface area contributed by atoms with Gasteiger partial charge in [0.25, 0.3) is 0 Å². The lowest BCUT2D eigenvalue weighted by molar-refractivity contribution is 0.416. The third kappa shape index (κ3) is 3.28. The molecule has 2 heteroatoms. The quantitative estimate of drug-likeness (QED) is 0.524. The molecule has 4 rings (SSSR count). The Morgan fingerprint density at radius 3 is 2.40 bits per heavy atom. The molecule has 0 spiro atoms. The van der Waals surface area contributed by atoms with Gasteiger partial charge in [0, 0.05) is 24.7 Å². The minimum absolute atomic E-state index is 0.270. The van der Waals surface area contributed by atoms with Crippen LogP contribution >= 0.6 is 0 Å². The minimum atomic E-state index is -0.823. The molecule has 0 aromatic heterocycles. The Bertz CT molecular complexity index is 728. The van der Waals surface area contributed by atoms with Gasteiger partial charge in [0.15, 0.2) is 0 Å². The van der Waals surface area contributed by atoms with Gasteiger partial charge in [-0.1, -0.05) is 33.0 Å². The molecule has 2 fully saturated rings. The molecule has 0 N–H and O–H groups in total. The van der Waals surface area contributed by atoms with Crippen molar-refractivity contribution in [2.24, 2.45) is 0 Å². The van der Waals surface area contributed by atoms with Crippen LogP contribution in [0.5, 0.6) is 0 Å². The highest BCUT2D eigenvalue weighted by atomic mass is 28.3. The molecular formula is C23H33NSi. The Balaban J connectivity index is 1.88. The van der Waals surface area contributed by atoms with E-state index in [1.807, 2.05) is 0 Å². The van der Waals surface area contributed by atoms with E-state index in [9.17, 15) is 0 Å². The Hall–Kier alpha value is -1.20. The van der Waals surface area contributed by atoms with Gasteiger partial charge in [-0.05, 0) is 72.6 Å². The zero-order valence-corrected chi connectivity index (χ0v) is 17.8. The van der Waals surface area contributed by atoms with Crippen molar-refractivity contribution in [3.05, 3.63) is 28.8 Å². The highest BCUT2D eigenvalue weighted by Crippen LogP contribution is 2.53. The normalized spacial score (nSPS) is 24.5. The summed E-state index contributed by atoms with van der Waals surface area (Å²) in [6.45, 7) is 9.63. The van der Waals surface area contributed by atoms with E-state index in [1.165, 1.54) is 44.2 Å². The van der Waals surface area contributed by atoms with E-state index in [2.05, 4.69) is 62.5 Å². The molecule has 2 saturated carbocycles. The van der Waals surface area contributed by atoms with E-state index in [-0.39, 0.29) is 5.41 Å². The van der Waals surface area contributed by atoms with Crippen LogP contribution < -0.4 is 4.90 Å². The summed E-state index contributed by atoms with van der Waals surface area (Å²) in [5.41, 5.74) is 10.3. The Morgan fingerprint density at radius 1 is 1.08 bits per heavy atom. The Kier molecular flexibility index (Phi) is 4.27. The maximum Gasteiger partial charge on any atom is 0.116 e. The highest BCUT2D eigenvalue weighted by molar-refractivity contribution is 6.64. The number of hydrogen-bond acceptors (Lipinski definition) is 1. The second kappa shape index (κ2) is 6.20. The highest BCUT2D eigenvalue weighted by Gasteiger charge is 2.40. The molecule has 1 unspecified atom stereocenters. The molecule has 1 aromatic rings. The van der Waals surface area contributed by atoms with Gasteiger partial charge in [-0.2, -0.15) is 0 Å². The van der Waals surface area contributed by atoms with Gasteiger partial charge in [0.1, 0.15) is 8.80 Å². The number of fused-ring (bicyclic) bond motifs is 1. The lowest BCUT2D eigenvalue weighted by atomic mass is 9.66. The second-order valence-electron chi connectivity index (χ2n) is 9.50. The topological polar surface area (TPSA) is 3.24 Å². The smallest absolute Gasteiger partial charge is 0.116 e. The molecule has 1 nitrogen and oxygen atoms in total. The average Bonchev–Trinajstić information content (AvgIpc) is 3.45. The van der Waals surface area contributed by atoms with Crippen LogP contribution in [0, 0.1) is 11.5 Å². The van der Waals surface area contributed by atoms with Crippen LogP contribution in [0.1, 0.15) is 80.9 Å². The summed E-state index contributed by atoms with van der Waals surface area (Å²) in [4.78, 5) is 2.57. The molecule has 25 heavy (non-hydrogen) atoms. The van der Waals surface area contributed by atoms with Crippen molar-refractivity contribution < 1.29 is 0 Å². The van der Waals surface area contributed by atoms with Gasteiger partial charge in [-0.15, -0.1) is 11.5 Å². The zero-order valence-electron chi connectivity index (χ0n) is 16.7. The van der Waals surface area contributed by atoms with Crippen molar-refractivity contribution in [2.75, 3.05) is 11.9 Å². The summed E-state index contributed by atoms with van der Waals surface area (Å²) in [6, 6.07) is 5.67. The number of benzene rings is 1. The van der Waals surface area contributed by atoms with Crippen LogP contribution in [0.2, 0.25) is 13.1 Å². The molecule has 1 aromatic carbocycles. The van der Waals surface area contributed by atoms with E-state index >= 15 is 0 Å². The maximum atomic E-state index is 3.74. The fourth-order valence-corrected chi connectivity index (χ4v) is 5.13. The lowest BCUT2D eigenvalue weighted by Gasteiger charge is -2.40. The molecule has 134 valence electrons. The van der Waals surface area contributed by atoms with Crippen molar-refractivity contribution in [3.63, 3.8) is 0 Å². The third-order valence-electron chi connectivity index (χ3n) is 6.38. The van der Waals surface area contributed by atoms with Crippen LogP contribution in [-0.4, -0.2) is 21.9 Å². The Labute approximate surface area is 155 Å². The largest absolute Gasteiger partial charge is 0.371 e. The maximum absolute atomic E-state index is 3.74. The van der Waals surface area contributed by atoms with E-state index in [0.29, 0.717) is 5.92 Å². The van der Waals surface area contributed by atoms with E-state index in [1.54, 1.807) is 16.7 Å². The van der Waals surface area contributed by atoms with Crippen LogP contribution in [0.3, 0.4) is 0 Å². The summed E-state index contributed by atoms with van der Waals surface area (Å²) >= 11 is 0. The standard InChI is InChI=1S/C23H33NSi/c1-23(2)14-12-17(13-15-25(4)5)21-19(16-6-7-16)10-11-20(22(21)23)24(3)18-8-9-18/h10-11,16-18,25H,6-9,12,14H2,1-5H3. The first-order valence-corrected chi connectivity index (χ1v) is 13.2. The Morgan fingerprint density at radius 2 is 1.80 bits per heavy atom. The van der Waals surface area contributed by atoms with Crippen molar-refractivity contribution >= 4 is 14.5 Å². The summed E-state index contributed by atoms with van der Waals surface area (Å²) < 4.78 is 0. The average molecular weight is 352 g/mol. The van der Waals surface area contributed by atoms with Crippen LogP contribution in [-0.2, 0) is 5.41 Å². The minimum Gasteiger partial charge on any atom is -0.371 e. The fourth-order valence-electron chi connectivity index (χ4n) is 4.60. The predicted molar refractivity (Wildman–Crippen MR) is 111 cm³/mol. The summed E-state index contributed by atoms with van der Waals surface area (Å²) in [5, 5.41) is 0. The van der Waals surface area contributed by atoms with Crippen molar-refractivity contribution in [1.29, 1.82) is 0 Å². The van der Waals surface area contributed by atoms with Gasteiger partial charge in [0.05, 0.1) is 0 Å². The fraction of sp³-hybridized carbons (Fsp3) is 0.652. The monoisotopic (exact) mass is 351 g/mol. The number of hydrogen-bond donors (Lipinski definition) is 0. The molecule has 3 aliphatic rings. The van der Waals surface area contributed by atoms with Crippen LogP contribution in [0.4, 0.5) is 5.69 Å². The SMILES string of the molecule is CN(c1ccc(C2CC2)c2c1C(C)(C)CCC2C#C[SiH](C)C)C1CC1. The molecule has 0 heterocycles. The molecule has 0 aliphatic heterocycles. The van der Waals surface area contributed by atoms with Gasteiger partial charge in [0.2, 0.25) is 0 Å². The summed E-state index contributed by atoms with van der Waals surface area (Å²) in [6.07, 6.45) is 7.98.